The zero-order valence-electron chi connectivity index (χ0n) is 20.8. The number of rotatable bonds is 8. The molecule has 226 valence electrons. The van der Waals surface area contributed by atoms with E-state index in [9.17, 15) is 19.6 Å². The van der Waals surface area contributed by atoms with Crippen molar-refractivity contribution in [1.82, 2.24) is 49.9 Å². The summed E-state index contributed by atoms with van der Waals surface area (Å²) in [7, 11) is 0. The fourth-order valence-electron chi connectivity index (χ4n) is 4.60. The van der Waals surface area contributed by atoms with Crippen molar-refractivity contribution in [2.24, 2.45) is 0 Å². The number of nitrogens with zero attached hydrogens (tertiary/aromatic N) is 9. The first-order valence-electron chi connectivity index (χ1n) is 11.9. The molecule has 2 saturated heterocycles. The number of thioether (sulfide) groups is 1. The molecule has 6 rings (SSSR count). The zero-order valence-corrected chi connectivity index (χ0v) is 23.4. The second kappa shape index (κ2) is 10.6. The standard InChI is InChI=1S/C18H21F2N12O7PS2/c19-7-10(34)5(38-16(7)31-13-8(27-29-31)12(21)23-4-24-13)2-37-40(36,41)39-18(3-42-6(1-33)11(18)20)32-14-9(28-30-32)15(35)26-17(22)25-14/h4-7,10-11,16,33-34H,1-3H2,(H,36,41)(H2,21,23,24)(H3,22,25,26,35)/t5-,6-,7+,10-,11-,16-,18-,40?/m1/s1. The average Bonchev–Trinajstić information content (AvgIpc) is 3.70. The van der Waals surface area contributed by atoms with Crippen molar-refractivity contribution in [1.29, 1.82) is 0 Å². The number of H-pyrrole nitrogens is 1. The lowest BCUT2D eigenvalue weighted by atomic mass is 10.1. The summed E-state index contributed by atoms with van der Waals surface area (Å²) in [6.45, 7) is -5.98. The van der Waals surface area contributed by atoms with E-state index in [0.29, 0.717) is 0 Å². The van der Waals surface area contributed by atoms with E-state index in [0.717, 1.165) is 27.5 Å². The molecule has 4 aromatic rings. The van der Waals surface area contributed by atoms with Crippen LogP contribution in [0.5, 0.6) is 0 Å². The minimum atomic E-state index is -4.61. The number of aromatic amines is 1. The average molecular weight is 651 g/mol. The fourth-order valence-corrected chi connectivity index (χ4v) is 7.62. The molecule has 0 bridgehead atoms. The minimum absolute atomic E-state index is 0.00971. The van der Waals surface area contributed by atoms with Crippen molar-refractivity contribution < 1.29 is 37.3 Å². The monoisotopic (exact) mass is 650 g/mol. The second-order valence-corrected chi connectivity index (χ2v) is 13.3. The Hall–Kier alpha value is -3.05. The summed E-state index contributed by atoms with van der Waals surface area (Å²) in [6.07, 6.45) is -7.80. The smallest absolute Gasteiger partial charge is 0.388 e. The van der Waals surface area contributed by atoms with Crippen LogP contribution in [0.3, 0.4) is 0 Å². The number of hydrogen-bond acceptors (Lipinski definition) is 17. The number of nitrogens with one attached hydrogen (secondary N) is 1. The lowest BCUT2D eigenvalue weighted by molar-refractivity contribution is -0.0774. The maximum Gasteiger partial charge on any atom is 0.388 e. The van der Waals surface area contributed by atoms with Gasteiger partial charge in [-0.3, -0.25) is 18.8 Å². The van der Waals surface area contributed by atoms with E-state index in [1.54, 1.807) is 0 Å². The summed E-state index contributed by atoms with van der Waals surface area (Å²) >= 11 is 4.87. The number of fused-ring (bicyclic) bond motifs is 2. The number of ether oxygens (including phenoxy) is 1. The van der Waals surface area contributed by atoms with Gasteiger partial charge in [0.15, 0.2) is 46.7 Å². The molecule has 2 aliphatic rings. The number of anilines is 2. The van der Waals surface area contributed by atoms with E-state index >= 15 is 8.78 Å². The predicted molar refractivity (Wildman–Crippen MR) is 143 cm³/mol. The van der Waals surface area contributed by atoms with Crippen LogP contribution in [0, 0.1) is 0 Å². The Morgan fingerprint density at radius 1 is 1.26 bits per heavy atom. The molecule has 19 nitrogen and oxygen atoms in total. The van der Waals surface area contributed by atoms with Gasteiger partial charge in [-0.2, -0.15) is 14.3 Å². The Morgan fingerprint density at radius 2 is 2.02 bits per heavy atom. The van der Waals surface area contributed by atoms with Crippen molar-refractivity contribution in [2.45, 2.75) is 41.8 Å². The Labute approximate surface area is 241 Å². The van der Waals surface area contributed by atoms with E-state index in [2.05, 4.69) is 52.8 Å². The van der Waals surface area contributed by atoms with Gasteiger partial charge in [0.1, 0.15) is 18.5 Å². The number of hydrogen-bond donors (Lipinski definition) is 6. The SMILES string of the molecule is Nc1nc2c(nnn2[C@@]2(OP(=O)(S)OC[C@H]3O[C@@H](n4nnc5c(N)ncnc54)[C@@H](F)[C@@H]3O)CS[C@H](CO)[C@H]2F)c(=O)[nH]1. The number of alkyl halides is 2. The van der Waals surface area contributed by atoms with Crippen LogP contribution in [0.4, 0.5) is 20.5 Å². The molecule has 0 spiro atoms. The molecule has 0 radical (unpaired) electrons. The molecule has 2 aliphatic heterocycles. The lowest BCUT2D eigenvalue weighted by Crippen LogP contribution is -2.47. The number of halogens is 2. The van der Waals surface area contributed by atoms with Crippen LogP contribution in [-0.4, -0.2) is 109 Å². The number of aliphatic hydroxyl groups excluding tert-OH is 2. The third kappa shape index (κ3) is 4.69. The van der Waals surface area contributed by atoms with Crippen LogP contribution in [0.25, 0.3) is 22.3 Å². The van der Waals surface area contributed by atoms with Gasteiger partial charge in [-0.1, -0.05) is 22.7 Å². The number of thiol groups is 1. The first kappa shape index (κ1) is 29.0. The number of aliphatic hydroxyl groups is 2. The molecule has 0 aliphatic carbocycles. The molecular formula is C18H21F2N12O7PS2. The van der Waals surface area contributed by atoms with Gasteiger partial charge >= 0.3 is 6.80 Å². The topological polar surface area (TPSA) is 270 Å². The first-order valence-corrected chi connectivity index (χ1v) is 15.7. The molecule has 1 unspecified atom stereocenters. The Morgan fingerprint density at radius 3 is 2.76 bits per heavy atom. The molecule has 24 heteroatoms. The highest BCUT2D eigenvalue weighted by atomic mass is 32.7. The summed E-state index contributed by atoms with van der Waals surface area (Å²) in [5.41, 5.74) is 7.80. The van der Waals surface area contributed by atoms with Crippen LogP contribution in [-0.2, 0) is 24.1 Å². The van der Waals surface area contributed by atoms with Gasteiger partial charge < -0.3 is 26.4 Å². The molecule has 2 fully saturated rings. The molecule has 8 atom stereocenters. The largest absolute Gasteiger partial charge is 0.395 e. The van der Waals surface area contributed by atoms with Gasteiger partial charge in [-0.05, 0) is 0 Å². The van der Waals surface area contributed by atoms with Crippen molar-refractivity contribution >= 4 is 64.9 Å². The van der Waals surface area contributed by atoms with E-state index in [-0.39, 0.29) is 39.8 Å². The molecule has 4 aromatic heterocycles. The third-order valence-electron chi connectivity index (χ3n) is 6.63. The molecule has 0 amide bonds. The Bertz CT molecular complexity index is 1760. The van der Waals surface area contributed by atoms with Crippen LogP contribution in [0.1, 0.15) is 6.23 Å². The van der Waals surface area contributed by atoms with E-state index in [1.165, 1.54) is 0 Å². The minimum Gasteiger partial charge on any atom is -0.395 e. The summed E-state index contributed by atoms with van der Waals surface area (Å²) in [5.74, 6) is -0.653. The van der Waals surface area contributed by atoms with Gasteiger partial charge in [-0.15, -0.1) is 22.0 Å². The van der Waals surface area contributed by atoms with Gasteiger partial charge in [0.05, 0.1) is 18.5 Å². The van der Waals surface area contributed by atoms with Gasteiger partial charge in [0, 0.05) is 5.75 Å². The summed E-state index contributed by atoms with van der Waals surface area (Å²) in [5, 5.41) is 34.2. The van der Waals surface area contributed by atoms with Crippen LogP contribution in [0.15, 0.2) is 11.1 Å². The summed E-state index contributed by atoms with van der Waals surface area (Å²) in [4.78, 5) is 26.2. The first-order chi connectivity index (χ1) is 20.0. The highest BCUT2D eigenvalue weighted by molar-refractivity contribution is 8.44. The fraction of sp³-hybridized carbons (Fsp3) is 0.556. The molecule has 6 heterocycles. The lowest BCUT2D eigenvalue weighted by Gasteiger charge is -2.33. The maximum atomic E-state index is 15.9. The quantitative estimate of drug-likeness (QED) is 0.0953. The molecule has 7 N–H and O–H groups in total. The highest BCUT2D eigenvalue weighted by Crippen LogP contribution is 2.61. The Kier molecular flexibility index (Phi) is 7.32. The van der Waals surface area contributed by atoms with E-state index in [4.69, 9.17) is 25.3 Å². The molecule has 42 heavy (non-hydrogen) atoms. The predicted octanol–water partition coefficient (Wildman–Crippen LogP) is -1.32. The number of nitrogen functional groups attached to an aromatic ring is 2. The highest BCUT2D eigenvalue weighted by Gasteiger charge is 2.58. The van der Waals surface area contributed by atoms with E-state index in [1.807, 2.05) is 0 Å². The van der Waals surface area contributed by atoms with Gasteiger partial charge in [-0.25, -0.2) is 23.3 Å². The van der Waals surface area contributed by atoms with Crippen molar-refractivity contribution in [3.8, 4) is 0 Å². The van der Waals surface area contributed by atoms with Gasteiger partial charge in [0.25, 0.3) is 5.56 Å². The number of nitrogens with two attached hydrogens (primary N) is 2. The third-order valence-corrected chi connectivity index (χ3v) is 9.64. The summed E-state index contributed by atoms with van der Waals surface area (Å²) < 4.78 is 62.7. The van der Waals surface area contributed by atoms with Crippen molar-refractivity contribution in [3.63, 3.8) is 0 Å². The van der Waals surface area contributed by atoms with Gasteiger partial charge in [0.2, 0.25) is 11.7 Å². The zero-order chi connectivity index (χ0) is 30.0. The normalized spacial score (nSPS) is 31.3. The Balaban J connectivity index is 1.25. The van der Waals surface area contributed by atoms with E-state index < -0.39 is 67.3 Å². The van der Waals surface area contributed by atoms with Crippen molar-refractivity contribution in [2.75, 3.05) is 30.4 Å². The van der Waals surface area contributed by atoms with Crippen molar-refractivity contribution in [3.05, 3.63) is 16.7 Å². The molecule has 0 aromatic carbocycles. The number of aromatic nitrogens is 10. The second-order valence-electron chi connectivity index (χ2n) is 9.22. The maximum absolute atomic E-state index is 15.9. The van der Waals surface area contributed by atoms with Crippen LogP contribution in [0.2, 0.25) is 0 Å². The van der Waals surface area contributed by atoms with Crippen LogP contribution < -0.4 is 17.0 Å². The summed E-state index contributed by atoms with van der Waals surface area (Å²) in [6, 6.07) is 0. The molecular weight excluding hydrogens is 629 g/mol. The van der Waals surface area contributed by atoms with Crippen LogP contribution >= 0.6 is 30.8 Å². The molecule has 0 saturated carbocycles.